The highest BCUT2D eigenvalue weighted by Crippen LogP contribution is 2.37. The number of nitrogens with zero attached hydrogens (tertiary/aromatic N) is 5. The highest BCUT2D eigenvalue weighted by atomic mass is 19.1. The first-order valence-electron chi connectivity index (χ1n) is 11.6. The Balaban J connectivity index is 1.23. The van der Waals surface area contributed by atoms with E-state index in [1.807, 2.05) is 29.1 Å². The first-order valence-corrected chi connectivity index (χ1v) is 11.6. The van der Waals surface area contributed by atoms with Crippen LogP contribution in [0, 0.1) is 40.3 Å². The number of rotatable bonds is 4. The number of carbonyl (C=O) groups excluding carboxylic acids is 1. The van der Waals surface area contributed by atoms with E-state index in [9.17, 15) is 14.4 Å². The largest absolute Gasteiger partial charge is 0.272 e. The Labute approximate surface area is 196 Å². The fourth-order valence-corrected chi connectivity index (χ4v) is 5.16. The molecule has 1 aliphatic carbocycles. The summed E-state index contributed by atoms with van der Waals surface area (Å²) in [6.07, 6.45) is 5.70. The number of fused-ring (bicyclic) bond motifs is 1. The molecule has 0 spiro atoms. The normalized spacial score (nSPS) is 22.4. The van der Waals surface area contributed by atoms with Gasteiger partial charge in [-0.3, -0.25) is 14.3 Å². The summed E-state index contributed by atoms with van der Waals surface area (Å²) in [5, 5.41) is 25.3. The zero-order valence-electron chi connectivity index (χ0n) is 18.7. The van der Waals surface area contributed by atoms with Crippen molar-refractivity contribution in [2.75, 3.05) is 6.61 Å². The lowest BCUT2D eigenvalue weighted by molar-refractivity contribution is -0.183. The van der Waals surface area contributed by atoms with Crippen LogP contribution in [0.5, 0.6) is 0 Å². The second kappa shape index (κ2) is 9.24. The van der Waals surface area contributed by atoms with Crippen LogP contribution >= 0.6 is 0 Å². The number of hydroxylamine groups is 2. The van der Waals surface area contributed by atoms with Crippen molar-refractivity contribution in [2.45, 2.75) is 44.7 Å². The molecule has 3 aromatic rings. The average Bonchev–Trinajstić information content (AvgIpc) is 3.51. The maximum absolute atomic E-state index is 14.0. The molecule has 1 aliphatic heterocycles. The van der Waals surface area contributed by atoms with Crippen LogP contribution in [0.1, 0.15) is 54.8 Å². The molecule has 2 aliphatic rings. The number of benzene rings is 2. The second-order valence-electron chi connectivity index (χ2n) is 9.12. The van der Waals surface area contributed by atoms with Crippen molar-refractivity contribution < 1.29 is 14.0 Å². The highest BCUT2D eigenvalue weighted by Gasteiger charge is 2.37. The minimum Gasteiger partial charge on any atom is -0.272 e. The van der Waals surface area contributed by atoms with Gasteiger partial charge < -0.3 is 0 Å². The van der Waals surface area contributed by atoms with E-state index in [0.717, 1.165) is 43.1 Å². The lowest BCUT2D eigenvalue weighted by atomic mass is 9.81. The number of nitriles is 2. The van der Waals surface area contributed by atoms with Crippen LogP contribution in [-0.2, 0) is 16.2 Å². The maximum atomic E-state index is 14.0. The van der Waals surface area contributed by atoms with Gasteiger partial charge in [0.2, 0.25) is 5.91 Å². The number of amides is 1. The summed E-state index contributed by atoms with van der Waals surface area (Å²) in [7, 11) is 0. The topological polar surface area (TPSA) is 94.9 Å². The maximum Gasteiger partial charge on any atom is 0.249 e. The summed E-state index contributed by atoms with van der Waals surface area (Å²) in [6.45, 7) is 1.14. The van der Waals surface area contributed by atoms with E-state index in [2.05, 4.69) is 11.2 Å². The van der Waals surface area contributed by atoms with Gasteiger partial charge in [0.1, 0.15) is 5.82 Å². The molecule has 8 heteroatoms. The summed E-state index contributed by atoms with van der Waals surface area (Å²) in [5.74, 6) is -0.288. The molecule has 0 N–H and O–H groups in total. The molecule has 0 bridgehead atoms. The third kappa shape index (κ3) is 4.25. The lowest BCUT2D eigenvalue weighted by Crippen LogP contribution is -2.37. The molecule has 0 radical (unpaired) electrons. The Morgan fingerprint density at radius 1 is 1.06 bits per heavy atom. The Kier molecular flexibility index (Phi) is 6.00. The summed E-state index contributed by atoms with van der Waals surface area (Å²) < 4.78 is 15.9. The van der Waals surface area contributed by atoms with Crippen molar-refractivity contribution in [3.63, 3.8) is 0 Å². The molecule has 5 rings (SSSR count). The van der Waals surface area contributed by atoms with Crippen molar-refractivity contribution in [2.24, 2.45) is 11.8 Å². The van der Waals surface area contributed by atoms with Crippen LogP contribution in [0.4, 0.5) is 4.39 Å². The molecule has 1 aromatic heterocycles. The van der Waals surface area contributed by atoms with Gasteiger partial charge in [-0.05, 0) is 73.6 Å². The summed E-state index contributed by atoms with van der Waals surface area (Å²) in [5.41, 5.74) is 2.41. The van der Waals surface area contributed by atoms with Crippen LogP contribution in [0.15, 0.2) is 42.6 Å². The summed E-state index contributed by atoms with van der Waals surface area (Å²) in [4.78, 5) is 19.0. The van der Waals surface area contributed by atoms with Gasteiger partial charge in [0.05, 0.1) is 47.6 Å². The van der Waals surface area contributed by atoms with Crippen LogP contribution in [0.3, 0.4) is 0 Å². The van der Waals surface area contributed by atoms with Crippen LogP contribution in [0.25, 0.3) is 10.9 Å². The monoisotopic (exact) mass is 457 g/mol. The fraction of sp³-hybridized carbons (Fsp3) is 0.385. The zero-order chi connectivity index (χ0) is 23.7. The molecule has 172 valence electrons. The van der Waals surface area contributed by atoms with Gasteiger partial charge in [-0.2, -0.15) is 15.6 Å². The number of halogens is 1. The van der Waals surface area contributed by atoms with E-state index in [1.165, 1.54) is 17.2 Å². The Hall–Kier alpha value is -3.75. The minimum atomic E-state index is -0.484. The fourth-order valence-electron chi connectivity index (χ4n) is 5.16. The van der Waals surface area contributed by atoms with E-state index >= 15 is 0 Å². The first-order chi connectivity index (χ1) is 16.6. The lowest BCUT2D eigenvalue weighted by Gasteiger charge is -2.32. The molecule has 2 fully saturated rings. The highest BCUT2D eigenvalue weighted by molar-refractivity contribution is 5.80. The van der Waals surface area contributed by atoms with E-state index in [4.69, 9.17) is 10.1 Å². The van der Waals surface area contributed by atoms with Crippen molar-refractivity contribution in [3.8, 4) is 12.1 Å². The predicted molar refractivity (Wildman–Crippen MR) is 121 cm³/mol. The zero-order valence-corrected chi connectivity index (χ0v) is 18.7. The predicted octanol–water partition coefficient (Wildman–Crippen LogP) is 4.63. The minimum absolute atomic E-state index is 0.0630. The molecule has 1 saturated heterocycles. The molecule has 1 atom stereocenters. The van der Waals surface area contributed by atoms with Crippen LogP contribution < -0.4 is 0 Å². The van der Waals surface area contributed by atoms with Gasteiger partial charge in [-0.15, -0.1) is 0 Å². The van der Waals surface area contributed by atoms with Crippen molar-refractivity contribution in [1.82, 2.24) is 14.8 Å². The Morgan fingerprint density at radius 2 is 1.85 bits per heavy atom. The molecule has 2 heterocycles. The van der Waals surface area contributed by atoms with Crippen LogP contribution in [0.2, 0.25) is 0 Å². The second-order valence-corrected chi connectivity index (χ2v) is 9.12. The molecule has 1 amide bonds. The van der Waals surface area contributed by atoms with Gasteiger partial charge in [0.25, 0.3) is 0 Å². The Bertz CT molecular complexity index is 1310. The van der Waals surface area contributed by atoms with Gasteiger partial charge >= 0.3 is 0 Å². The smallest absolute Gasteiger partial charge is 0.249 e. The van der Waals surface area contributed by atoms with Crippen molar-refractivity contribution in [1.29, 1.82) is 10.5 Å². The third-order valence-electron chi connectivity index (χ3n) is 6.96. The van der Waals surface area contributed by atoms with Crippen molar-refractivity contribution in [3.05, 3.63) is 65.1 Å². The number of aromatic nitrogens is 2. The Morgan fingerprint density at radius 3 is 2.62 bits per heavy atom. The average molecular weight is 458 g/mol. The quantitative estimate of drug-likeness (QED) is 0.569. The molecule has 0 unspecified atom stereocenters. The SMILES string of the molecule is N#Cc1cc(F)cc([C@@H]2CCON2C(=O)C2CCC(Cn3ncc4ccc(C#N)cc43)CC2)c1. The summed E-state index contributed by atoms with van der Waals surface area (Å²) in [6, 6.07) is 13.6. The standard InChI is InChI=1S/C26H24FN5O2/c27-23-10-19(14-29)9-22(12-23)24-7-8-34-32(24)26(33)20-4-1-17(2-5-20)16-31-25-11-18(13-28)3-6-21(25)15-30-31/h3,6,9-12,15,17,20,24H,1-2,4-5,7-8,16H2/t17?,20?,24-/m0/s1. The van der Waals surface area contributed by atoms with E-state index in [0.29, 0.717) is 30.1 Å². The van der Waals surface area contributed by atoms with Gasteiger partial charge in [-0.25, -0.2) is 9.45 Å². The molecule has 2 aromatic carbocycles. The molecule has 1 saturated carbocycles. The van der Waals surface area contributed by atoms with E-state index in [-0.39, 0.29) is 23.4 Å². The molecule has 34 heavy (non-hydrogen) atoms. The summed E-state index contributed by atoms with van der Waals surface area (Å²) >= 11 is 0. The molecular formula is C26H24FN5O2. The number of hydrogen-bond acceptors (Lipinski definition) is 5. The van der Waals surface area contributed by atoms with E-state index < -0.39 is 5.82 Å². The van der Waals surface area contributed by atoms with Gasteiger partial charge in [0.15, 0.2) is 0 Å². The number of hydrogen-bond donors (Lipinski definition) is 0. The first kappa shape index (κ1) is 22.1. The van der Waals surface area contributed by atoms with E-state index in [1.54, 1.807) is 12.1 Å². The molecular weight excluding hydrogens is 433 g/mol. The van der Waals surface area contributed by atoms with Crippen molar-refractivity contribution >= 4 is 16.8 Å². The number of carbonyl (C=O) groups is 1. The van der Waals surface area contributed by atoms with Gasteiger partial charge in [0, 0.05) is 24.3 Å². The van der Waals surface area contributed by atoms with Crippen LogP contribution in [-0.4, -0.2) is 27.4 Å². The van der Waals surface area contributed by atoms with Gasteiger partial charge in [-0.1, -0.05) is 0 Å². The molecule has 7 nitrogen and oxygen atoms in total. The third-order valence-corrected chi connectivity index (χ3v) is 6.96.